The van der Waals surface area contributed by atoms with Crippen molar-refractivity contribution in [2.24, 2.45) is 0 Å². The molecule has 15 heteroatoms. The fourth-order valence-corrected chi connectivity index (χ4v) is 7.50. The molecule has 0 saturated heterocycles. The fourth-order valence-electron chi connectivity index (χ4n) is 5.25. The van der Waals surface area contributed by atoms with E-state index in [0.717, 1.165) is 54.9 Å². The van der Waals surface area contributed by atoms with E-state index in [0.29, 0.717) is 11.5 Å². The molecule has 3 aliphatic rings. The zero-order valence-electron chi connectivity index (χ0n) is 20.5. The number of nitrogens with zero attached hydrogens (tertiary/aromatic N) is 2. The number of hydrogen-bond donors (Lipinski definition) is 2. The Morgan fingerprint density at radius 1 is 1.18 bits per heavy atom. The van der Waals surface area contributed by atoms with Gasteiger partial charge in [-0.15, -0.1) is 0 Å². The number of non-ortho nitro benzene ring substituents is 1. The van der Waals surface area contributed by atoms with Gasteiger partial charge >= 0.3 is 15.6 Å². The molecule has 2 aliphatic heterocycles. The number of rotatable bonds is 8. The third kappa shape index (κ3) is 5.11. The number of hydrogen-bond acceptors (Lipinski definition) is 10. The molecule has 0 fully saturated rings. The van der Waals surface area contributed by atoms with Crippen molar-refractivity contribution in [3.05, 3.63) is 69.8 Å². The Balaban J connectivity index is 1.44. The van der Waals surface area contributed by atoms with Crippen LogP contribution in [-0.2, 0) is 29.9 Å². The molecule has 2 aromatic carbocycles. The minimum atomic E-state index is -5.33. The van der Waals surface area contributed by atoms with E-state index in [-0.39, 0.29) is 17.9 Å². The van der Waals surface area contributed by atoms with E-state index in [4.69, 9.17) is 18.5 Å². The maximum absolute atomic E-state index is 13.4. The maximum Gasteiger partial charge on any atom is 0.539 e. The minimum absolute atomic E-state index is 0.176. The van der Waals surface area contributed by atoms with Gasteiger partial charge in [-0.3, -0.25) is 14.6 Å². The highest BCUT2D eigenvalue weighted by atomic mass is 31.3. The summed E-state index contributed by atoms with van der Waals surface area (Å²) in [5.41, 5.74) is 1.37. The van der Waals surface area contributed by atoms with Crippen LogP contribution in [0.1, 0.15) is 24.0 Å². The van der Waals surface area contributed by atoms with Gasteiger partial charge in [-0.05, 0) is 43.8 Å². The summed E-state index contributed by atoms with van der Waals surface area (Å²) in [5, 5.41) is 10.9. The molecule has 0 radical (unpaired) electrons. The van der Waals surface area contributed by atoms with Crippen LogP contribution in [0.5, 0.6) is 17.2 Å². The van der Waals surface area contributed by atoms with Gasteiger partial charge < -0.3 is 28.7 Å². The van der Waals surface area contributed by atoms with Crippen LogP contribution in [0.3, 0.4) is 0 Å². The van der Waals surface area contributed by atoms with Crippen LogP contribution in [0.4, 0.5) is 5.69 Å². The van der Waals surface area contributed by atoms with E-state index in [1.807, 2.05) is 25.3 Å². The Hall–Kier alpha value is -2.76. The van der Waals surface area contributed by atoms with Crippen LogP contribution < -0.4 is 14.0 Å². The van der Waals surface area contributed by atoms with Gasteiger partial charge in [-0.1, -0.05) is 18.2 Å². The average Bonchev–Trinajstić information content (AvgIpc) is 3.09. The molecule has 38 heavy (non-hydrogen) atoms. The van der Waals surface area contributed by atoms with Crippen LogP contribution in [0, 0.1) is 10.1 Å². The summed E-state index contributed by atoms with van der Waals surface area (Å²) in [6, 6.07) is 8.28. The monoisotopic (exact) mass is 568 g/mol. The molecule has 1 unspecified atom stereocenters. The molecule has 2 heterocycles. The maximum atomic E-state index is 13.4. The van der Waals surface area contributed by atoms with Crippen molar-refractivity contribution in [1.29, 1.82) is 0 Å². The first-order valence-electron chi connectivity index (χ1n) is 11.7. The predicted molar refractivity (Wildman–Crippen MR) is 133 cm³/mol. The van der Waals surface area contributed by atoms with E-state index >= 15 is 0 Å². The van der Waals surface area contributed by atoms with E-state index < -0.39 is 38.2 Å². The zero-order chi connectivity index (χ0) is 27.3. The Bertz CT molecular complexity index is 1380. The molecule has 0 aromatic heterocycles. The van der Waals surface area contributed by atoms with Gasteiger partial charge in [-0.25, -0.2) is 9.13 Å². The van der Waals surface area contributed by atoms with Crippen molar-refractivity contribution < 1.29 is 46.7 Å². The van der Waals surface area contributed by atoms with Gasteiger partial charge in [-0.2, -0.15) is 4.31 Å². The van der Waals surface area contributed by atoms with Gasteiger partial charge in [0.1, 0.15) is 11.9 Å². The topological polar surface area (TPSA) is 167 Å². The summed E-state index contributed by atoms with van der Waals surface area (Å²) in [7, 11) is -6.64. The van der Waals surface area contributed by atoms with Gasteiger partial charge in [0.15, 0.2) is 11.5 Å². The summed E-state index contributed by atoms with van der Waals surface area (Å²) in [6.45, 7) is 1.52. The number of nitro benzene ring substituents is 1. The first kappa shape index (κ1) is 26.8. The van der Waals surface area contributed by atoms with Crippen LogP contribution in [0.15, 0.2) is 48.6 Å². The lowest BCUT2D eigenvalue weighted by atomic mass is 9.69. The van der Waals surface area contributed by atoms with E-state index in [2.05, 4.69) is 9.21 Å². The second kappa shape index (κ2) is 9.77. The number of phosphoric acid groups is 2. The Kier molecular flexibility index (Phi) is 6.90. The second-order valence-corrected chi connectivity index (χ2v) is 12.3. The minimum Gasteiger partial charge on any atom is -0.493 e. The lowest BCUT2D eigenvalue weighted by Crippen LogP contribution is -2.43. The SMILES string of the molecule is COc1ccc2c3c1O[C@H]1C[C@@H](OP(=O)(Oc4ccc([N+](=O)[O-])cc4)OP(=O)(O)O)C=C[C@@]31CCN(C)C2. The van der Waals surface area contributed by atoms with Crippen molar-refractivity contribution in [3.63, 3.8) is 0 Å². The molecular weight excluding hydrogens is 542 g/mol. The highest BCUT2D eigenvalue weighted by molar-refractivity contribution is 7.61. The molecule has 0 saturated carbocycles. The largest absolute Gasteiger partial charge is 0.539 e. The molecule has 13 nitrogen and oxygen atoms in total. The van der Waals surface area contributed by atoms with Gasteiger partial charge in [0.2, 0.25) is 0 Å². The van der Waals surface area contributed by atoms with Crippen molar-refractivity contribution >= 4 is 21.3 Å². The molecule has 204 valence electrons. The summed E-state index contributed by atoms with van der Waals surface area (Å²) >= 11 is 0. The number of ether oxygens (including phenoxy) is 2. The Labute approximate surface area is 217 Å². The first-order chi connectivity index (χ1) is 17.9. The molecule has 1 spiro atoms. The van der Waals surface area contributed by atoms with Crippen molar-refractivity contribution in [3.8, 4) is 17.2 Å². The van der Waals surface area contributed by atoms with Crippen molar-refractivity contribution in [1.82, 2.24) is 4.90 Å². The van der Waals surface area contributed by atoms with Gasteiger partial charge in [0.25, 0.3) is 5.69 Å². The molecule has 4 atom stereocenters. The normalized spacial score (nSPS) is 25.9. The quantitative estimate of drug-likeness (QED) is 0.203. The lowest BCUT2D eigenvalue weighted by molar-refractivity contribution is -0.384. The molecule has 2 aromatic rings. The number of methoxy groups -OCH3 is 1. The standard InChI is InChI=1S/C23H26N2O11P2/c1-24-12-11-23-10-9-18(13-20(23)33-22-19(32-2)8-3-15(14-24)21(22)23)35-38(31,36-37(28,29)30)34-17-6-4-16(5-7-17)25(26)27/h3-10,18,20H,11-14H2,1-2H3,(H2,28,29,30)/t18-,20-,23-,38?/m0/s1. The highest BCUT2D eigenvalue weighted by Crippen LogP contribution is 2.63. The van der Waals surface area contributed by atoms with Crippen LogP contribution in [-0.4, -0.2) is 52.5 Å². The summed E-state index contributed by atoms with van der Waals surface area (Å²) in [4.78, 5) is 31.2. The lowest BCUT2D eigenvalue weighted by Gasteiger charge is -2.37. The molecule has 5 rings (SSSR count). The van der Waals surface area contributed by atoms with Gasteiger partial charge in [0, 0.05) is 30.7 Å². The van der Waals surface area contributed by atoms with E-state index in [9.17, 15) is 29.0 Å². The number of nitro groups is 1. The predicted octanol–water partition coefficient (Wildman–Crippen LogP) is 4.08. The summed E-state index contributed by atoms with van der Waals surface area (Å²) in [6.07, 6.45) is 3.10. The number of benzene rings is 2. The van der Waals surface area contributed by atoms with Gasteiger partial charge in [0.05, 0.1) is 23.6 Å². The Morgan fingerprint density at radius 2 is 1.92 bits per heavy atom. The molecule has 0 bridgehead atoms. The first-order valence-corrected chi connectivity index (χ1v) is 14.6. The van der Waals surface area contributed by atoms with E-state index in [1.165, 1.54) is 0 Å². The smallest absolute Gasteiger partial charge is 0.493 e. The van der Waals surface area contributed by atoms with Crippen LogP contribution in [0.2, 0.25) is 0 Å². The van der Waals surface area contributed by atoms with E-state index in [1.54, 1.807) is 13.2 Å². The molecule has 2 N–H and O–H groups in total. The second-order valence-electron chi connectivity index (χ2n) is 9.37. The third-order valence-corrected chi connectivity index (χ3v) is 9.48. The zero-order valence-corrected chi connectivity index (χ0v) is 22.2. The third-order valence-electron chi connectivity index (χ3n) is 6.87. The van der Waals surface area contributed by atoms with Crippen molar-refractivity contribution in [2.45, 2.75) is 37.0 Å². The summed E-state index contributed by atoms with van der Waals surface area (Å²) < 4.78 is 52.2. The van der Waals surface area contributed by atoms with Crippen LogP contribution >= 0.6 is 15.6 Å². The summed E-state index contributed by atoms with van der Waals surface area (Å²) in [5.74, 6) is 1.02. The fraction of sp³-hybridized carbons (Fsp3) is 0.391. The van der Waals surface area contributed by atoms with Crippen LogP contribution in [0.25, 0.3) is 0 Å². The molecule has 0 amide bonds. The average molecular weight is 568 g/mol. The molecular formula is C23H26N2O11P2. The highest BCUT2D eigenvalue weighted by Gasteiger charge is 2.54. The van der Waals surface area contributed by atoms with Crippen molar-refractivity contribution in [2.75, 3.05) is 20.7 Å². The number of phosphoric ester groups is 1. The Morgan fingerprint density at radius 3 is 2.58 bits per heavy atom. The molecule has 1 aliphatic carbocycles.